The number of nitrogens with one attached hydrogen (secondary N) is 1. The van der Waals surface area contributed by atoms with Gasteiger partial charge in [0, 0.05) is 6.04 Å². The van der Waals surface area contributed by atoms with Crippen molar-refractivity contribution in [3.63, 3.8) is 0 Å². The molecular weight excluding hydrogens is 206 g/mol. The fourth-order valence-electron chi connectivity index (χ4n) is 2.67. The Labute approximate surface area is 105 Å². The first kappa shape index (κ1) is 12.4. The maximum Gasteiger partial charge on any atom is 0.00445 e. The summed E-state index contributed by atoms with van der Waals surface area (Å²) in [6.07, 6.45) is 3.85. The van der Waals surface area contributed by atoms with E-state index in [9.17, 15) is 0 Å². The molecule has 1 aromatic carbocycles. The Hall–Kier alpha value is -1.08. The Bertz CT molecular complexity index is 377. The van der Waals surface area contributed by atoms with E-state index in [2.05, 4.69) is 50.0 Å². The Morgan fingerprint density at radius 2 is 2.00 bits per heavy atom. The SMILES string of the molecule is C=C(C)c1ccc(C2CCCNC(C)C2)cc1. The van der Waals surface area contributed by atoms with Crippen molar-refractivity contribution in [1.82, 2.24) is 5.32 Å². The van der Waals surface area contributed by atoms with Gasteiger partial charge in [-0.3, -0.25) is 0 Å². The standard InChI is InChI=1S/C16H23N/c1-12(2)14-6-8-15(9-7-14)16-5-4-10-17-13(3)11-16/h6-9,13,16-17H,1,4-5,10-11H2,2-3H3. The average Bonchev–Trinajstić information content (AvgIpc) is 2.54. The average molecular weight is 229 g/mol. The largest absolute Gasteiger partial charge is 0.314 e. The molecule has 1 nitrogen and oxygen atoms in total. The van der Waals surface area contributed by atoms with E-state index < -0.39 is 0 Å². The lowest BCUT2D eigenvalue weighted by Gasteiger charge is -2.18. The van der Waals surface area contributed by atoms with Crippen LogP contribution in [-0.2, 0) is 0 Å². The molecule has 1 heteroatoms. The van der Waals surface area contributed by atoms with Gasteiger partial charge in [-0.15, -0.1) is 0 Å². The number of allylic oxidation sites excluding steroid dienone is 1. The van der Waals surface area contributed by atoms with Crippen molar-refractivity contribution in [1.29, 1.82) is 0 Å². The molecule has 1 fully saturated rings. The predicted molar refractivity (Wildman–Crippen MR) is 75.2 cm³/mol. The van der Waals surface area contributed by atoms with E-state index in [4.69, 9.17) is 0 Å². The molecule has 1 saturated heterocycles. The molecule has 0 amide bonds. The van der Waals surface area contributed by atoms with Gasteiger partial charge in [-0.1, -0.05) is 36.4 Å². The molecule has 2 unspecified atom stereocenters. The monoisotopic (exact) mass is 229 g/mol. The number of hydrogen-bond donors (Lipinski definition) is 1. The fourth-order valence-corrected chi connectivity index (χ4v) is 2.67. The molecule has 1 aliphatic heterocycles. The second-order valence-corrected chi connectivity index (χ2v) is 5.33. The minimum atomic E-state index is 0.642. The lowest BCUT2D eigenvalue weighted by Crippen LogP contribution is -2.25. The maximum absolute atomic E-state index is 3.98. The van der Waals surface area contributed by atoms with Crippen LogP contribution >= 0.6 is 0 Å². The minimum Gasteiger partial charge on any atom is -0.314 e. The molecule has 0 saturated carbocycles. The molecule has 0 aliphatic carbocycles. The first-order valence-corrected chi connectivity index (χ1v) is 6.66. The van der Waals surface area contributed by atoms with Gasteiger partial charge >= 0.3 is 0 Å². The zero-order valence-electron chi connectivity index (χ0n) is 11.0. The summed E-state index contributed by atoms with van der Waals surface area (Å²) in [5.74, 6) is 0.721. The number of benzene rings is 1. The summed E-state index contributed by atoms with van der Waals surface area (Å²) >= 11 is 0. The van der Waals surface area contributed by atoms with Crippen molar-refractivity contribution in [3.8, 4) is 0 Å². The van der Waals surface area contributed by atoms with Gasteiger partial charge in [-0.25, -0.2) is 0 Å². The van der Waals surface area contributed by atoms with Crippen LogP contribution in [0.25, 0.3) is 5.57 Å². The van der Waals surface area contributed by atoms with Gasteiger partial charge in [0.25, 0.3) is 0 Å². The molecule has 2 atom stereocenters. The molecule has 0 bridgehead atoms. The highest BCUT2D eigenvalue weighted by atomic mass is 14.9. The van der Waals surface area contributed by atoms with Crippen LogP contribution in [0.4, 0.5) is 0 Å². The van der Waals surface area contributed by atoms with Crippen LogP contribution in [0.5, 0.6) is 0 Å². The molecule has 17 heavy (non-hydrogen) atoms. The summed E-state index contributed by atoms with van der Waals surface area (Å²) in [6, 6.07) is 9.63. The zero-order valence-corrected chi connectivity index (χ0v) is 11.0. The molecule has 1 aromatic rings. The van der Waals surface area contributed by atoms with Gasteiger partial charge in [-0.2, -0.15) is 0 Å². The Kier molecular flexibility index (Phi) is 4.01. The van der Waals surface area contributed by atoms with Crippen LogP contribution < -0.4 is 5.32 Å². The summed E-state index contributed by atoms with van der Waals surface area (Å²) in [6.45, 7) is 9.51. The lowest BCUT2D eigenvalue weighted by atomic mass is 9.89. The molecule has 1 heterocycles. The summed E-state index contributed by atoms with van der Waals surface area (Å²) in [5, 5.41) is 3.56. The Morgan fingerprint density at radius 1 is 1.29 bits per heavy atom. The van der Waals surface area contributed by atoms with Crippen LogP contribution in [0.2, 0.25) is 0 Å². The van der Waals surface area contributed by atoms with Gasteiger partial charge in [0.05, 0.1) is 0 Å². The molecule has 92 valence electrons. The summed E-state index contributed by atoms with van der Waals surface area (Å²) in [5.41, 5.74) is 3.89. The maximum atomic E-state index is 3.98. The van der Waals surface area contributed by atoms with Crippen molar-refractivity contribution in [2.45, 2.75) is 45.1 Å². The third-order valence-corrected chi connectivity index (χ3v) is 3.74. The molecule has 2 rings (SSSR count). The van der Waals surface area contributed by atoms with Crippen molar-refractivity contribution in [2.75, 3.05) is 6.54 Å². The van der Waals surface area contributed by atoms with E-state index in [1.807, 2.05) is 0 Å². The summed E-state index contributed by atoms with van der Waals surface area (Å²) in [7, 11) is 0. The highest BCUT2D eigenvalue weighted by Gasteiger charge is 2.18. The van der Waals surface area contributed by atoms with Gasteiger partial charge in [0.1, 0.15) is 0 Å². The molecule has 0 aromatic heterocycles. The second-order valence-electron chi connectivity index (χ2n) is 5.33. The van der Waals surface area contributed by atoms with Gasteiger partial charge < -0.3 is 5.32 Å². The van der Waals surface area contributed by atoms with E-state index in [0.29, 0.717) is 6.04 Å². The van der Waals surface area contributed by atoms with Gasteiger partial charge in [0.2, 0.25) is 0 Å². The summed E-state index contributed by atoms with van der Waals surface area (Å²) < 4.78 is 0. The van der Waals surface area contributed by atoms with Crippen LogP contribution in [0.1, 0.15) is 50.2 Å². The van der Waals surface area contributed by atoms with E-state index >= 15 is 0 Å². The molecule has 0 radical (unpaired) electrons. The van der Waals surface area contributed by atoms with E-state index in [1.54, 1.807) is 0 Å². The third-order valence-electron chi connectivity index (χ3n) is 3.74. The predicted octanol–water partition coefficient (Wildman–Crippen LogP) is 3.97. The fraction of sp³-hybridized carbons (Fsp3) is 0.500. The van der Waals surface area contributed by atoms with Crippen LogP contribution in [-0.4, -0.2) is 12.6 Å². The first-order chi connectivity index (χ1) is 8.16. The van der Waals surface area contributed by atoms with Crippen molar-refractivity contribution >= 4 is 5.57 Å². The first-order valence-electron chi connectivity index (χ1n) is 6.66. The van der Waals surface area contributed by atoms with Crippen LogP contribution in [0.15, 0.2) is 30.8 Å². The second kappa shape index (κ2) is 5.50. The normalized spacial score (nSPS) is 25.3. The number of hydrogen-bond acceptors (Lipinski definition) is 1. The summed E-state index contributed by atoms with van der Waals surface area (Å²) in [4.78, 5) is 0. The number of rotatable bonds is 2. The highest BCUT2D eigenvalue weighted by Crippen LogP contribution is 2.29. The topological polar surface area (TPSA) is 12.0 Å². The van der Waals surface area contributed by atoms with E-state index in [0.717, 1.165) is 11.5 Å². The van der Waals surface area contributed by atoms with Gasteiger partial charge in [-0.05, 0) is 56.7 Å². The van der Waals surface area contributed by atoms with Crippen molar-refractivity contribution in [2.24, 2.45) is 0 Å². The molecule has 0 spiro atoms. The zero-order chi connectivity index (χ0) is 12.3. The van der Waals surface area contributed by atoms with Crippen LogP contribution in [0, 0.1) is 0 Å². The van der Waals surface area contributed by atoms with E-state index in [1.165, 1.54) is 36.9 Å². The molecule has 1 aliphatic rings. The quantitative estimate of drug-likeness (QED) is 0.809. The van der Waals surface area contributed by atoms with Crippen molar-refractivity contribution < 1.29 is 0 Å². The highest BCUT2D eigenvalue weighted by molar-refractivity contribution is 5.61. The molecule has 1 N–H and O–H groups in total. The van der Waals surface area contributed by atoms with E-state index in [-0.39, 0.29) is 0 Å². The lowest BCUT2D eigenvalue weighted by molar-refractivity contribution is 0.516. The Morgan fingerprint density at radius 3 is 2.65 bits per heavy atom. The minimum absolute atomic E-state index is 0.642. The van der Waals surface area contributed by atoms with Crippen molar-refractivity contribution in [3.05, 3.63) is 42.0 Å². The van der Waals surface area contributed by atoms with Gasteiger partial charge in [0.15, 0.2) is 0 Å². The van der Waals surface area contributed by atoms with Crippen LogP contribution in [0.3, 0.4) is 0 Å². The Balaban J connectivity index is 2.12. The third kappa shape index (κ3) is 3.19. The smallest absolute Gasteiger partial charge is 0.00445 e. The molecular formula is C16H23N.